The number of rotatable bonds is 4. The molecule has 3 rings (SSSR count). The summed E-state index contributed by atoms with van der Waals surface area (Å²) in [5.41, 5.74) is 2.86. The average molecular weight is 346 g/mol. The molecule has 0 unspecified atom stereocenters. The van der Waals surface area contributed by atoms with Crippen molar-refractivity contribution in [3.63, 3.8) is 0 Å². The number of benzene rings is 1. The van der Waals surface area contributed by atoms with Gasteiger partial charge in [-0.15, -0.1) is 0 Å². The first-order valence-electron chi connectivity index (χ1n) is 8.24. The van der Waals surface area contributed by atoms with Crippen molar-refractivity contribution in [3.8, 4) is 5.75 Å². The number of sulfone groups is 1. The zero-order valence-corrected chi connectivity index (χ0v) is 14.6. The lowest BCUT2D eigenvalue weighted by Gasteiger charge is -2.28. The van der Waals surface area contributed by atoms with E-state index in [9.17, 15) is 8.42 Å². The van der Waals surface area contributed by atoms with Gasteiger partial charge in [0, 0.05) is 24.5 Å². The molecule has 0 N–H and O–H groups in total. The molecule has 0 fully saturated rings. The van der Waals surface area contributed by atoms with Crippen molar-refractivity contribution in [3.05, 3.63) is 54.0 Å². The molecule has 128 valence electrons. The van der Waals surface area contributed by atoms with E-state index in [0.29, 0.717) is 19.6 Å². The van der Waals surface area contributed by atoms with Crippen molar-refractivity contribution in [2.24, 2.45) is 4.99 Å². The van der Waals surface area contributed by atoms with Gasteiger partial charge in [0.1, 0.15) is 5.75 Å². The predicted octanol–water partition coefficient (Wildman–Crippen LogP) is 2.75. The summed E-state index contributed by atoms with van der Waals surface area (Å²) in [5.74, 6) is 1.22. The van der Waals surface area contributed by atoms with E-state index < -0.39 is 9.84 Å². The summed E-state index contributed by atoms with van der Waals surface area (Å²) in [6.07, 6.45) is 7.03. The second-order valence-electron chi connectivity index (χ2n) is 5.87. The molecule has 0 saturated heterocycles. The van der Waals surface area contributed by atoms with Gasteiger partial charge in [-0.05, 0) is 37.1 Å². The van der Waals surface area contributed by atoms with Crippen LogP contribution in [0.3, 0.4) is 0 Å². The molecule has 0 aromatic heterocycles. The van der Waals surface area contributed by atoms with E-state index >= 15 is 0 Å². The molecule has 6 heteroatoms. The van der Waals surface area contributed by atoms with Crippen molar-refractivity contribution in [1.82, 2.24) is 4.90 Å². The molecule has 0 amide bonds. The Labute approximate surface area is 143 Å². The summed E-state index contributed by atoms with van der Waals surface area (Å²) in [7, 11) is -2.97. The van der Waals surface area contributed by atoms with Crippen molar-refractivity contribution < 1.29 is 13.2 Å². The normalized spacial score (nSPS) is 21.8. The minimum absolute atomic E-state index is 0.172. The Bertz CT molecular complexity index is 777. The van der Waals surface area contributed by atoms with Crippen LogP contribution in [-0.2, 0) is 9.84 Å². The molecule has 1 aromatic rings. The van der Waals surface area contributed by atoms with Crippen LogP contribution in [0, 0.1) is 0 Å². The fourth-order valence-electron chi connectivity index (χ4n) is 2.75. The van der Waals surface area contributed by atoms with Crippen LogP contribution >= 0.6 is 0 Å². The molecule has 0 saturated carbocycles. The van der Waals surface area contributed by atoms with Crippen molar-refractivity contribution in [2.75, 3.05) is 24.7 Å². The SMILES string of the molecule is CCCOc1ccc(C2=NC=CN3CCS(=O)(=O)CC/C=C/23)cc1. The van der Waals surface area contributed by atoms with Crippen LogP contribution < -0.4 is 4.74 Å². The van der Waals surface area contributed by atoms with Crippen LogP contribution in [0.5, 0.6) is 5.75 Å². The van der Waals surface area contributed by atoms with Gasteiger partial charge in [-0.25, -0.2) is 8.42 Å². The van der Waals surface area contributed by atoms with Crippen molar-refractivity contribution in [1.29, 1.82) is 0 Å². The van der Waals surface area contributed by atoms with Crippen LogP contribution in [0.1, 0.15) is 25.3 Å². The van der Waals surface area contributed by atoms with E-state index in [1.807, 2.05) is 41.4 Å². The summed E-state index contributed by atoms with van der Waals surface area (Å²) in [6.45, 7) is 3.24. The minimum Gasteiger partial charge on any atom is -0.494 e. The number of fused-ring (bicyclic) bond motifs is 1. The number of allylic oxidation sites excluding steroid dienone is 2. The maximum atomic E-state index is 11.8. The third kappa shape index (κ3) is 3.87. The lowest BCUT2D eigenvalue weighted by Crippen LogP contribution is -2.32. The zero-order valence-electron chi connectivity index (χ0n) is 13.8. The lowest BCUT2D eigenvalue weighted by molar-refractivity contribution is 0.317. The number of aliphatic imine (C=N–C) groups is 1. The average Bonchev–Trinajstić information content (AvgIpc) is 2.58. The van der Waals surface area contributed by atoms with Gasteiger partial charge in [-0.2, -0.15) is 0 Å². The predicted molar refractivity (Wildman–Crippen MR) is 96.0 cm³/mol. The second-order valence-corrected chi connectivity index (χ2v) is 8.18. The van der Waals surface area contributed by atoms with E-state index in [1.165, 1.54) is 0 Å². The van der Waals surface area contributed by atoms with Gasteiger partial charge in [-0.3, -0.25) is 4.99 Å². The largest absolute Gasteiger partial charge is 0.494 e. The molecule has 24 heavy (non-hydrogen) atoms. The quantitative estimate of drug-likeness (QED) is 0.841. The molecule has 0 bridgehead atoms. The third-order valence-electron chi connectivity index (χ3n) is 4.01. The molecule has 0 spiro atoms. The zero-order chi connectivity index (χ0) is 17.0. The fourth-order valence-corrected chi connectivity index (χ4v) is 3.90. The monoisotopic (exact) mass is 346 g/mol. The van der Waals surface area contributed by atoms with Gasteiger partial charge >= 0.3 is 0 Å². The molecular formula is C18H22N2O3S. The third-order valence-corrected chi connectivity index (χ3v) is 5.67. The molecular weight excluding hydrogens is 324 g/mol. The topological polar surface area (TPSA) is 59.0 Å². The van der Waals surface area contributed by atoms with Crippen LogP contribution in [0.15, 0.2) is 53.4 Å². The molecule has 2 heterocycles. The van der Waals surface area contributed by atoms with Gasteiger partial charge < -0.3 is 9.64 Å². The van der Waals surface area contributed by atoms with E-state index in [4.69, 9.17) is 4.74 Å². The maximum Gasteiger partial charge on any atom is 0.152 e. The van der Waals surface area contributed by atoms with Crippen LogP contribution in [0.25, 0.3) is 0 Å². The standard InChI is InChI=1S/C18H22N2O3S/c1-2-12-23-16-7-5-15(6-8-16)18-17-4-3-13-24(21,22)14-11-20(17)10-9-19-18/h4-10H,2-3,11-14H2,1H3/b17-4-. The summed E-state index contributed by atoms with van der Waals surface area (Å²) in [4.78, 5) is 6.49. The van der Waals surface area contributed by atoms with Gasteiger partial charge in [0.2, 0.25) is 0 Å². The minimum atomic E-state index is -2.97. The summed E-state index contributed by atoms with van der Waals surface area (Å²) in [5, 5.41) is 0. The smallest absolute Gasteiger partial charge is 0.152 e. The highest BCUT2D eigenvalue weighted by Gasteiger charge is 2.23. The molecule has 0 aliphatic carbocycles. The molecule has 1 aromatic carbocycles. The van der Waals surface area contributed by atoms with Gasteiger partial charge in [-0.1, -0.05) is 13.0 Å². The number of nitrogens with zero attached hydrogens (tertiary/aromatic N) is 2. The van der Waals surface area contributed by atoms with Crippen LogP contribution in [-0.4, -0.2) is 43.7 Å². The Morgan fingerprint density at radius 3 is 2.75 bits per heavy atom. The maximum absolute atomic E-state index is 11.8. The summed E-state index contributed by atoms with van der Waals surface area (Å²) < 4.78 is 29.3. The molecule has 2 aliphatic heterocycles. The lowest BCUT2D eigenvalue weighted by atomic mass is 10.0. The Balaban J connectivity index is 1.85. The number of ether oxygens (including phenoxy) is 1. The summed E-state index contributed by atoms with van der Waals surface area (Å²) in [6, 6.07) is 7.89. The first-order valence-corrected chi connectivity index (χ1v) is 10.1. The van der Waals surface area contributed by atoms with E-state index in [1.54, 1.807) is 6.20 Å². The van der Waals surface area contributed by atoms with Crippen molar-refractivity contribution >= 4 is 15.5 Å². The fraction of sp³-hybridized carbons (Fsp3) is 0.389. The Morgan fingerprint density at radius 1 is 1.21 bits per heavy atom. The van der Waals surface area contributed by atoms with Crippen molar-refractivity contribution in [2.45, 2.75) is 19.8 Å². The highest BCUT2D eigenvalue weighted by Crippen LogP contribution is 2.23. The molecule has 5 nitrogen and oxygen atoms in total. The molecule has 2 aliphatic rings. The molecule has 0 atom stereocenters. The van der Waals surface area contributed by atoms with E-state index in [2.05, 4.69) is 11.9 Å². The van der Waals surface area contributed by atoms with Gasteiger partial charge in [0.25, 0.3) is 0 Å². The Morgan fingerprint density at radius 2 is 2.00 bits per heavy atom. The Hall–Kier alpha value is -2.08. The first kappa shape index (κ1) is 16.8. The van der Waals surface area contributed by atoms with Crippen LogP contribution in [0.4, 0.5) is 0 Å². The second kappa shape index (κ2) is 7.21. The summed E-state index contributed by atoms with van der Waals surface area (Å²) >= 11 is 0. The molecule has 0 radical (unpaired) electrons. The van der Waals surface area contributed by atoms with Gasteiger partial charge in [0.15, 0.2) is 9.84 Å². The highest BCUT2D eigenvalue weighted by molar-refractivity contribution is 7.91. The Kier molecular flexibility index (Phi) is 5.04. The number of hydrogen-bond donors (Lipinski definition) is 0. The first-order chi connectivity index (χ1) is 11.6. The van der Waals surface area contributed by atoms with Crippen LogP contribution in [0.2, 0.25) is 0 Å². The number of hydrogen-bond acceptors (Lipinski definition) is 5. The van der Waals surface area contributed by atoms with E-state index in [-0.39, 0.29) is 11.5 Å². The highest BCUT2D eigenvalue weighted by atomic mass is 32.2. The van der Waals surface area contributed by atoms with Gasteiger partial charge in [0.05, 0.1) is 29.5 Å². The van der Waals surface area contributed by atoms with E-state index in [0.717, 1.165) is 29.1 Å².